The van der Waals surface area contributed by atoms with Gasteiger partial charge in [-0.1, -0.05) is 30.3 Å². The second kappa shape index (κ2) is 11.1. The molecule has 1 amide bonds. The fraction of sp³-hybridized carbons (Fsp3) is 0.458. The number of benzene rings is 2. The molecule has 1 aliphatic heterocycles. The lowest BCUT2D eigenvalue weighted by atomic mass is 10.1. The fourth-order valence-electron chi connectivity index (χ4n) is 3.96. The summed E-state index contributed by atoms with van der Waals surface area (Å²) in [6.45, 7) is 4.80. The third kappa shape index (κ3) is 6.43. The van der Waals surface area contributed by atoms with E-state index in [0.717, 1.165) is 19.6 Å². The summed E-state index contributed by atoms with van der Waals surface area (Å²) in [5.41, 5.74) is 1.83. The summed E-state index contributed by atoms with van der Waals surface area (Å²) in [7, 11) is 5.16. The van der Waals surface area contributed by atoms with Gasteiger partial charge in [-0.2, -0.15) is 0 Å². The average molecular weight is 428 g/mol. The van der Waals surface area contributed by atoms with Crippen molar-refractivity contribution in [2.75, 3.05) is 60.5 Å². The van der Waals surface area contributed by atoms with E-state index in [1.54, 1.807) is 32.4 Å². The van der Waals surface area contributed by atoms with Gasteiger partial charge in [-0.05, 0) is 30.8 Å². The Bertz CT molecular complexity index is 838. The van der Waals surface area contributed by atoms with Crippen LogP contribution in [0.3, 0.4) is 0 Å². The number of hydrogen-bond donors (Lipinski definition) is 1. The second-order valence-corrected chi connectivity index (χ2v) is 8.00. The van der Waals surface area contributed by atoms with Crippen LogP contribution in [0.25, 0.3) is 0 Å². The van der Waals surface area contributed by atoms with Crippen molar-refractivity contribution in [1.82, 2.24) is 14.7 Å². The number of β-amino-alcohol motifs (C(OH)–C–C–N with tert-alkyl or cyclic N) is 1. The summed E-state index contributed by atoms with van der Waals surface area (Å²) < 4.78 is 10.6. The molecule has 7 heteroatoms. The van der Waals surface area contributed by atoms with Crippen molar-refractivity contribution in [2.24, 2.45) is 0 Å². The molecule has 1 unspecified atom stereocenters. The van der Waals surface area contributed by atoms with Crippen molar-refractivity contribution in [2.45, 2.75) is 12.6 Å². The van der Waals surface area contributed by atoms with Crippen LogP contribution < -0.4 is 9.47 Å². The molecule has 1 saturated heterocycles. The molecule has 1 atom stereocenters. The van der Waals surface area contributed by atoms with Gasteiger partial charge in [-0.15, -0.1) is 0 Å². The first-order chi connectivity index (χ1) is 15.0. The van der Waals surface area contributed by atoms with E-state index in [4.69, 9.17) is 9.47 Å². The molecule has 0 aliphatic carbocycles. The van der Waals surface area contributed by atoms with Crippen molar-refractivity contribution < 1.29 is 19.4 Å². The molecule has 1 N–H and O–H groups in total. The molecule has 2 aromatic rings. The normalized spacial score (nSPS) is 15.7. The minimum Gasteiger partial charge on any atom is -0.493 e. The summed E-state index contributed by atoms with van der Waals surface area (Å²) in [6.07, 6.45) is -0.429. The van der Waals surface area contributed by atoms with E-state index in [1.165, 1.54) is 5.56 Å². The van der Waals surface area contributed by atoms with Gasteiger partial charge in [0.25, 0.3) is 5.91 Å². The molecule has 0 radical (unpaired) electrons. The Morgan fingerprint density at radius 3 is 2.35 bits per heavy atom. The van der Waals surface area contributed by atoms with Crippen molar-refractivity contribution in [1.29, 1.82) is 0 Å². The zero-order valence-electron chi connectivity index (χ0n) is 18.7. The molecule has 0 spiro atoms. The van der Waals surface area contributed by atoms with Crippen LogP contribution in [0.2, 0.25) is 0 Å². The van der Waals surface area contributed by atoms with Gasteiger partial charge in [0.15, 0.2) is 11.5 Å². The lowest BCUT2D eigenvalue weighted by Gasteiger charge is -2.36. The number of piperazine rings is 1. The molecule has 7 nitrogen and oxygen atoms in total. The standard InChI is InChI=1S/C24H33N3O4/c1-25(16-19-7-5-4-6-8-19)17-21(28)18-26-11-13-27(14-12-26)24(29)20-9-10-22(30-2)23(15-20)31-3/h4-10,15,21,28H,11-14,16-18H2,1-3H3. The topological polar surface area (TPSA) is 65.5 Å². The highest BCUT2D eigenvalue weighted by molar-refractivity contribution is 5.95. The van der Waals surface area contributed by atoms with E-state index < -0.39 is 6.10 Å². The van der Waals surface area contributed by atoms with Gasteiger partial charge in [-0.25, -0.2) is 0 Å². The first kappa shape index (κ1) is 23.1. The van der Waals surface area contributed by atoms with Crippen LogP contribution in [0.4, 0.5) is 0 Å². The minimum absolute atomic E-state index is 0.0104. The van der Waals surface area contributed by atoms with Crippen LogP contribution in [0, 0.1) is 0 Å². The number of aliphatic hydroxyl groups is 1. The van der Waals surface area contributed by atoms with Gasteiger partial charge in [0, 0.05) is 51.4 Å². The maximum absolute atomic E-state index is 12.9. The zero-order chi connectivity index (χ0) is 22.2. The van der Waals surface area contributed by atoms with Gasteiger partial charge in [0.05, 0.1) is 20.3 Å². The molecular formula is C24H33N3O4. The van der Waals surface area contributed by atoms with Crippen LogP contribution in [0.1, 0.15) is 15.9 Å². The van der Waals surface area contributed by atoms with Gasteiger partial charge in [0.2, 0.25) is 0 Å². The van der Waals surface area contributed by atoms with Gasteiger partial charge < -0.3 is 19.5 Å². The number of methoxy groups -OCH3 is 2. The largest absolute Gasteiger partial charge is 0.493 e. The van der Waals surface area contributed by atoms with Crippen molar-refractivity contribution in [3.05, 3.63) is 59.7 Å². The van der Waals surface area contributed by atoms with E-state index in [-0.39, 0.29) is 5.91 Å². The lowest BCUT2D eigenvalue weighted by molar-refractivity contribution is 0.0453. The highest BCUT2D eigenvalue weighted by atomic mass is 16.5. The van der Waals surface area contributed by atoms with Crippen molar-refractivity contribution >= 4 is 5.91 Å². The quantitative estimate of drug-likeness (QED) is 0.660. The Balaban J connectivity index is 1.45. The average Bonchev–Trinajstić information content (AvgIpc) is 2.79. The summed E-state index contributed by atoms with van der Waals surface area (Å²) in [6, 6.07) is 15.5. The number of carbonyl (C=O) groups is 1. The van der Waals surface area contributed by atoms with Crippen LogP contribution >= 0.6 is 0 Å². The Kier molecular flexibility index (Phi) is 8.28. The number of aliphatic hydroxyl groups excluding tert-OH is 1. The van der Waals surface area contributed by atoms with Crippen LogP contribution in [0.5, 0.6) is 11.5 Å². The molecule has 31 heavy (non-hydrogen) atoms. The number of ether oxygens (including phenoxy) is 2. The predicted molar refractivity (Wildman–Crippen MR) is 121 cm³/mol. The molecular weight excluding hydrogens is 394 g/mol. The van der Waals surface area contributed by atoms with E-state index in [9.17, 15) is 9.90 Å². The Hall–Kier alpha value is -2.61. The number of hydrogen-bond acceptors (Lipinski definition) is 6. The van der Waals surface area contributed by atoms with E-state index in [2.05, 4.69) is 21.9 Å². The number of rotatable bonds is 9. The predicted octanol–water partition coefficient (Wildman–Crippen LogP) is 1.95. The highest BCUT2D eigenvalue weighted by Gasteiger charge is 2.24. The number of likely N-dealkylation sites (N-methyl/N-ethyl adjacent to an activating group) is 1. The number of carbonyl (C=O) groups excluding carboxylic acids is 1. The Labute approximate surface area is 184 Å². The van der Waals surface area contributed by atoms with Crippen molar-refractivity contribution in [3.63, 3.8) is 0 Å². The summed E-state index contributed by atoms with van der Waals surface area (Å²) in [5, 5.41) is 10.5. The third-order valence-corrected chi connectivity index (χ3v) is 5.58. The third-order valence-electron chi connectivity index (χ3n) is 5.58. The first-order valence-corrected chi connectivity index (χ1v) is 10.6. The smallest absolute Gasteiger partial charge is 0.254 e. The Morgan fingerprint density at radius 2 is 1.71 bits per heavy atom. The molecule has 3 rings (SSSR count). The second-order valence-electron chi connectivity index (χ2n) is 8.00. The van der Waals surface area contributed by atoms with Gasteiger partial charge >= 0.3 is 0 Å². The molecule has 0 aromatic heterocycles. The van der Waals surface area contributed by atoms with Gasteiger partial charge in [-0.3, -0.25) is 14.6 Å². The monoisotopic (exact) mass is 427 g/mol. The molecule has 2 aromatic carbocycles. The van der Waals surface area contributed by atoms with Gasteiger partial charge in [0.1, 0.15) is 0 Å². The Morgan fingerprint density at radius 1 is 1.03 bits per heavy atom. The molecule has 168 valence electrons. The maximum Gasteiger partial charge on any atom is 0.254 e. The van der Waals surface area contributed by atoms with E-state index in [1.807, 2.05) is 30.1 Å². The van der Waals surface area contributed by atoms with E-state index >= 15 is 0 Å². The lowest BCUT2D eigenvalue weighted by Crippen LogP contribution is -2.51. The molecule has 1 fully saturated rings. The molecule has 0 saturated carbocycles. The van der Waals surface area contributed by atoms with Crippen LogP contribution in [-0.4, -0.2) is 92.4 Å². The zero-order valence-corrected chi connectivity index (χ0v) is 18.7. The molecule has 0 bridgehead atoms. The minimum atomic E-state index is -0.429. The number of amides is 1. The highest BCUT2D eigenvalue weighted by Crippen LogP contribution is 2.28. The molecule has 1 aliphatic rings. The SMILES string of the molecule is COc1ccc(C(=O)N2CCN(CC(O)CN(C)Cc3ccccc3)CC2)cc1OC. The van der Waals surface area contributed by atoms with Crippen LogP contribution in [0.15, 0.2) is 48.5 Å². The fourth-order valence-corrected chi connectivity index (χ4v) is 3.96. The first-order valence-electron chi connectivity index (χ1n) is 10.6. The van der Waals surface area contributed by atoms with Crippen molar-refractivity contribution in [3.8, 4) is 11.5 Å². The van der Waals surface area contributed by atoms with E-state index in [0.29, 0.717) is 43.2 Å². The maximum atomic E-state index is 12.9. The summed E-state index contributed by atoms with van der Waals surface area (Å²) >= 11 is 0. The summed E-state index contributed by atoms with van der Waals surface area (Å²) in [4.78, 5) is 19.1. The summed E-state index contributed by atoms with van der Waals surface area (Å²) in [5.74, 6) is 1.15. The number of nitrogens with zero attached hydrogens (tertiary/aromatic N) is 3. The molecule has 1 heterocycles. The van der Waals surface area contributed by atoms with Crippen LogP contribution in [-0.2, 0) is 6.54 Å².